The van der Waals surface area contributed by atoms with E-state index in [0.29, 0.717) is 10.9 Å². The molecule has 0 aromatic heterocycles. The van der Waals surface area contributed by atoms with E-state index in [2.05, 4.69) is 17.1 Å². The first-order valence-corrected chi connectivity index (χ1v) is 7.62. The Kier molecular flexibility index (Phi) is 5.34. The van der Waals surface area contributed by atoms with Crippen LogP contribution in [0.4, 0.5) is 5.69 Å². The molecule has 0 saturated carbocycles. The first-order chi connectivity index (χ1) is 8.75. The molecule has 0 aliphatic rings. The largest absolute Gasteiger partial charge is 0.383 e. The number of hydrogen-bond donors (Lipinski definition) is 1. The monoisotopic (exact) mass is 285 g/mol. The lowest BCUT2D eigenvalue weighted by Gasteiger charge is -2.20. The molecule has 108 valence electrons. The quantitative estimate of drug-likeness (QED) is 0.856. The topological polar surface area (TPSA) is 52.7 Å². The molecule has 6 heteroatoms. The van der Waals surface area contributed by atoms with Crippen molar-refractivity contribution >= 4 is 15.7 Å². The number of hydrogen-bond acceptors (Lipinski definition) is 4. The van der Waals surface area contributed by atoms with Crippen molar-refractivity contribution in [3.05, 3.63) is 24.3 Å². The van der Waals surface area contributed by atoms with Crippen LogP contribution in [0.25, 0.3) is 0 Å². The van der Waals surface area contributed by atoms with Crippen LogP contribution in [0.5, 0.6) is 0 Å². The lowest BCUT2D eigenvalue weighted by Crippen LogP contribution is -2.31. The number of nitrogens with one attached hydrogen (secondary N) is 1. The van der Waals surface area contributed by atoms with Gasteiger partial charge in [-0.05, 0) is 45.3 Å². The molecule has 1 rings (SSSR count). The molecule has 5 nitrogen and oxygen atoms in total. The second-order valence-corrected chi connectivity index (χ2v) is 7.16. The van der Waals surface area contributed by atoms with E-state index in [-0.39, 0.29) is 0 Å². The van der Waals surface area contributed by atoms with Crippen LogP contribution < -0.4 is 5.32 Å². The van der Waals surface area contributed by atoms with E-state index in [9.17, 15) is 8.42 Å². The van der Waals surface area contributed by atoms with Crippen LogP contribution in [0.15, 0.2) is 29.2 Å². The Hall–Kier alpha value is -1.11. The average Bonchev–Trinajstić information content (AvgIpc) is 2.36. The van der Waals surface area contributed by atoms with Crippen molar-refractivity contribution in [2.45, 2.75) is 17.9 Å². The fraction of sp³-hybridized carbons (Fsp3) is 0.538. The molecule has 0 bridgehead atoms. The molecule has 19 heavy (non-hydrogen) atoms. The van der Waals surface area contributed by atoms with Gasteiger partial charge < -0.3 is 10.2 Å². The third-order valence-electron chi connectivity index (χ3n) is 3.12. The number of rotatable bonds is 6. The molecule has 1 aromatic rings. The SMILES string of the molecule is CC(CNc1ccc(S(=O)(=O)N(C)C)cc1)N(C)C. The van der Waals surface area contributed by atoms with Crippen molar-refractivity contribution in [3.8, 4) is 0 Å². The second-order valence-electron chi connectivity index (χ2n) is 5.01. The summed E-state index contributed by atoms with van der Waals surface area (Å²) in [6.07, 6.45) is 0. The van der Waals surface area contributed by atoms with Crippen LogP contribution in [-0.4, -0.2) is 58.4 Å². The van der Waals surface area contributed by atoms with Crippen LogP contribution >= 0.6 is 0 Å². The zero-order valence-electron chi connectivity index (χ0n) is 12.2. The van der Waals surface area contributed by atoms with Gasteiger partial charge in [0, 0.05) is 32.4 Å². The first-order valence-electron chi connectivity index (χ1n) is 6.18. The van der Waals surface area contributed by atoms with E-state index in [4.69, 9.17) is 0 Å². The molecule has 0 aliphatic heterocycles. The van der Waals surface area contributed by atoms with Gasteiger partial charge in [-0.2, -0.15) is 0 Å². The molecule has 0 fully saturated rings. The summed E-state index contributed by atoms with van der Waals surface area (Å²) in [5.74, 6) is 0. The lowest BCUT2D eigenvalue weighted by atomic mass is 10.3. The summed E-state index contributed by atoms with van der Waals surface area (Å²) in [6.45, 7) is 2.94. The van der Waals surface area contributed by atoms with Crippen molar-refractivity contribution in [1.82, 2.24) is 9.21 Å². The maximum Gasteiger partial charge on any atom is 0.242 e. The highest BCUT2D eigenvalue weighted by Crippen LogP contribution is 2.16. The van der Waals surface area contributed by atoms with Crippen molar-refractivity contribution in [2.24, 2.45) is 0 Å². The third kappa shape index (κ3) is 4.19. The minimum atomic E-state index is -3.34. The van der Waals surface area contributed by atoms with Crippen molar-refractivity contribution in [1.29, 1.82) is 0 Å². The van der Waals surface area contributed by atoms with Crippen LogP contribution in [0.2, 0.25) is 0 Å². The predicted octanol–water partition coefficient (Wildman–Crippen LogP) is 1.30. The Bertz CT molecular complexity index is 495. The Morgan fingerprint density at radius 3 is 2.05 bits per heavy atom. The van der Waals surface area contributed by atoms with Gasteiger partial charge in [0.25, 0.3) is 0 Å². The molecule has 0 saturated heterocycles. The van der Waals surface area contributed by atoms with Crippen LogP contribution in [0, 0.1) is 0 Å². The third-order valence-corrected chi connectivity index (χ3v) is 4.95. The zero-order valence-corrected chi connectivity index (χ0v) is 13.0. The standard InChI is InChI=1S/C13H23N3O2S/c1-11(15(2)3)10-14-12-6-8-13(9-7-12)19(17,18)16(4)5/h6-9,11,14H,10H2,1-5H3. The number of anilines is 1. The van der Waals surface area contributed by atoms with Gasteiger partial charge in [0.1, 0.15) is 0 Å². The summed E-state index contributed by atoms with van der Waals surface area (Å²) < 4.78 is 25.0. The fourth-order valence-corrected chi connectivity index (χ4v) is 2.31. The molecule has 0 amide bonds. The summed E-state index contributed by atoms with van der Waals surface area (Å²) in [6, 6.07) is 7.23. The van der Waals surface area contributed by atoms with E-state index in [1.54, 1.807) is 24.3 Å². The molecule has 0 heterocycles. The molecular weight excluding hydrogens is 262 g/mol. The molecule has 1 unspecified atom stereocenters. The maximum absolute atomic E-state index is 11.9. The summed E-state index contributed by atoms with van der Waals surface area (Å²) in [4.78, 5) is 2.43. The Morgan fingerprint density at radius 2 is 1.63 bits per heavy atom. The molecular formula is C13H23N3O2S. The highest BCUT2D eigenvalue weighted by molar-refractivity contribution is 7.89. The maximum atomic E-state index is 11.9. The minimum absolute atomic E-state index is 0.309. The number of likely N-dealkylation sites (N-methyl/N-ethyl adjacent to an activating group) is 1. The molecule has 1 atom stereocenters. The Morgan fingerprint density at radius 1 is 1.11 bits per heavy atom. The summed E-state index contributed by atoms with van der Waals surface area (Å²) >= 11 is 0. The Labute approximate surface area is 116 Å². The smallest absolute Gasteiger partial charge is 0.242 e. The van der Waals surface area contributed by atoms with E-state index < -0.39 is 10.0 Å². The molecule has 0 spiro atoms. The molecule has 0 aliphatic carbocycles. The normalized spacial score (nSPS) is 13.8. The van der Waals surface area contributed by atoms with E-state index in [1.807, 2.05) is 14.1 Å². The van der Waals surface area contributed by atoms with Gasteiger partial charge in [-0.25, -0.2) is 12.7 Å². The number of sulfonamides is 1. The van der Waals surface area contributed by atoms with Crippen LogP contribution in [0.3, 0.4) is 0 Å². The fourth-order valence-electron chi connectivity index (χ4n) is 1.40. The van der Waals surface area contributed by atoms with Gasteiger partial charge in [-0.15, -0.1) is 0 Å². The lowest BCUT2D eigenvalue weighted by molar-refractivity contribution is 0.326. The van der Waals surface area contributed by atoms with Gasteiger partial charge in [0.05, 0.1) is 4.90 Å². The molecule has 0 radical (unpaired) electrons. The Balaban J connectivity index is 2.73. The first kappa shape index (κ1) is 15.9. The minimum Gasteiger partial charge on any atom is -0.383 e. The predicted molar refractivity (Wildman–Crippen MR) is 79.0 cm³/mol. The summed E-state index contributed by atoms with van der Waals surface area (Å²) in [5, 5.41) is 3.28. The molecule has 1 aromatic carbocycles. The zero-order chi connectivity index (χ0) is 14.6. The summed E-state index contributed by atoms with van der Waals surface area (Å²) in [7, 11) is 3.77. The van der Waals surface area contributed by atoms with Gasteiger partial charge in [0.2, 0.25) is 10.0 Å². The van der Waals surface area contributed by atoms with Gasteiger partial charge >= 0.3 is 0 Å². The molecule has 1 N–H and O–H groups in total. The van der Waals surface area contributed by atoms with Crippen molar-refractivity contribution in [2.75, 3.05) is 40.1 Å². The van der Waals surface area contributed by atoms with Crippen LogP contribution in [-0.2, 0) is 10.0 Å². The van der Waals surface area contributed by atoms with Gasteiger partial charge in [-0.1, -0.05) is 0 Å². The second kappa shape index (κ2) is 6.36. The van der Waals surface area contributed by atoms with Gasteiger partial charge in [-0.3, -0.25) is 0 Å². The van der Waals surface area contributed by atoms with Crippen LogP contribution in [0.1, 0.15) is 6.92 Å². The van der Waals surface area contributed by atoms with Crippen molar-refractivity contribution in [3.63, 3.8) is 0 Å². The number of nitrogens with zero attached hydrogens (tertiary/aromatic N) is 2. The van der Waals surface area contributed by atoms with E-state index in [0.717, 1.165) is 12.2 Å². The van der Waals surface area contributed by atoms with E-state index >= 15 is 0 Å². The highest BCUT2D eigenvalue weighted by Gasteiger charge is 2.16. The van der Waals surface area contributed by atoms with Gasteiger partial charge in [0.15, 0.2) is 0 Å². The highest BCUT2D eigenvalue weighted by atomic mass is 32.2. The van der Waals surface area contributed by atoms with Crippen molar-refractivity contribution < 1.29 is 8.42 Å². The van der Waals surface area contributed by atoms with E-state index in [1.165, 1.54) is 18.4 Å². The number of benzene rings is 1. The summed E-state index contributed by atoms with van der Waals surface area (Å²) in [5.41, 5.74) is 0.923. The average molecular weight is 285 g/mol.